The Hall–Kier alpha value is -0.460. The maximum atomic E-state index is 5.42. The zero-order valence-electron chi connectivity index (χ0n) is 10.2. The third-order valence-corrected chi connectivity index (χ3v) is 3.02. The van der Waals surface area contributed by atoms with Gasteiger partial charge in [-0.1, -0.05) is 15.9 Å². The normalized spacial score (nSPS) is 12.1. The van der Waals surface area contributed by atoms with Crippen LogP contribution in [0.15, 0.2) is 0 Å². The molecule has 0 aliphatic carbocycles. The van der Waals surface area contributed by atoms with Crippen molar-refractivity contribution in [2.24, 2.45) is 0 Å². The number of nitrogens with zero attached hydrogens (tertiary/aromatic N) is 3. The molecule has 1 rings (SSSR count). The summed E-state index contributed by atoms with van der Waals surface area (Å²) in [7, 11) is 3.35. The molecule has 0 aliphatic rings. The second-order valence-electron chi connectivity index (χ2n) is 3.93. The molecule has 5 nitrogen and oxygen atoms in total. The molecule has 1 aromatic heterocycles. The van der Waals surface area contributed by atoms with E-state index in [1.54, 1.807) is 14.2 Å². The summed E-state index contributed by atoms with van der Waals surface area (Å²) >= 11 is 3.40. The fourth-order valence-electron chi connectivity index (χ4n) is 1.39. The molecule has 0 N–H and O–H groups in total. The minimum atomic E-state index is -0.443. The van der Waals surface area contributed by atoms with Crippen LogP contribution < -0.4 is 0 Å². The lowest BCUT2D eigenvalue weighted by Gasteiger charge is -2.23. The largest absolute Gasteiger partial charge is 0.383 e. The van der Waals surface area contributed by atoms with Crippen molar-refractivity contribution in [3.05, 3.63) is 11.6 Å². The molecule has 6 heteroatoms. The van der Waals surface area contributed by atoms with Gasteiger partial charge in [-0.25, -0.2) is 0 Å². The molecule has 0 aromatic carbocycles. The number of halogens is 1. The zero-order chi connectivity index (χ0) is 12.2. The van der Waals surface area contributed by atoms with E-state index in [4.69, 9.17) is 9.47 Å². The van der Waals surface area contributed by atoms with Crippen LogP contribution in [0.4, 0.5) is 0 Å². The van der Waals surface area contributed by atoms with E-state index in [1.807, 2.05) is 18.4 Å². The molecule has 0 radical (unpaired) electrons. The topological polar surface area (TPSA) is 49.2 Å². The van der Waals surface area contributed by atoms with Gasteiger partial charge < -0.3 is 14.0 Å². The number of methoxy groups -OCH3 is 2. The lowest BCUT2D eigenvalue weighted by Crippen LogP contribution is -2.26. The second kappa shape index (κ2) is 5.75. The van der Waals surface area contributed by atoms with Gasteiger partial charge in [0.2, 0.25) is 0 Å². The molecule has 92 valence electrons. The summed E-state index contributed by atoms with van der Waals surface area (Å²) in [6.45, 7) is 5.30. The third kappa shape index (κ3) is 2.81. The predicted octanol–water partition coefficient (Wildman–Crippen LogP) is 1.70. The van der Waals surface area contributed by atoms with Gasteiger partial charge in [-0.3, -0.25) is 0 Å². The second-order valence-corrected chi connectivity index (χ2v) is 4.49. The van der Waals surface area contributed by atoms with E-state index in [9.17, 15) is 0 Å². The first kappa shape index (κ1) is 13.6. The zero-order valence-corrected chi connectivity index (χ0v) is 11.7. The number of hydrogen-bond donors (Lipinski definition) is 0. The Morgan fingerprint density at radius 1 is 1.31 bits per heavy atom. The van der Waals surface area contributed by atoms with E-state index in [1.165, 1.54) is 0 Å². The van der Waals surface area contributed by atoms with E-state index < -0.39 is 5.60 Å². The van der Waals surface area contributed by atoms with Crippen LogP contribution in [0.5, 0.6) is 0 Å². The summed E-state index contributed by atoms with van der Waals surface area (Å²) < 4.78 is 12.5. The maximum absolute atomic E-state index is 5.42. The average Bonchev–Trinajstić information content (AvgIpc) is 2.69. The first-order valence-corrected chi connectivity index (χ1v) is 6.21. The molecule has 0 aliphatic heterocycles. The standard InChI is InChI=1S/C10H18BrN3O2/c1-10(2,16-4)9-13-12-8(7-11)14(9)5-6-15-3/h5-7H2,1-4H3. The number of rotatable bonds is 6. The Morgan fingerprint density at radius 3 is 2.50 bits per heavy atom. The molecule has 1 aromatic rings. The van der Waals surface area contributed by atoms with Gasteiger partial charge >= 0.3 is 0 Å². The minimum absolute atomic E-state index is 0.443. The fourth-order valence-corrected chi connectivity index (χ4v) is 1.80. The highest BCUT2D eigenvalue weighted by atomic mass is 79.9. The number of ether oxygens (including phenoxy) is 2. The summed E-state index contributed by atoms with van der Waals surface area (Å²) in [6.07, 6.45) is 0. The van der Waals surface area contributed by atoms with Crippen LogP contribution in [0.3, 0.4) is 0 Å². The summed E-state index contributed by atoms with van der Waals surface area (Å²) in [6, 6.07) is 0. The molecule has 0 unspecified atom stereocenters. The van der Waals surface area contributed by atoms with Crippen LogP contribution in [-0.2, 0) is 26.9 Å². The molecular weight excluding hydrogens is 274 g/mol. The summed E-state index contributed by atoms with van der Waals surface area (Å²) in [5.41, 5.74) is -0.443. The van der Waals surface area contributed by atoms with Crippen LogP contribution in [0.1, 0.15) is 25.5 Å². The average molecular weight is 292 g/mol. The van der Waals surface area contributed by atoms with Crippen molar-refractivity contribution in [3.8, 4) is 0 Å². The van der Waals surface area contributed by atoms with Crippen molar-refractivity contribution in [1.29, 1.82) is 0 Å². The summed E-state index contributed by atoms with van der Waals surface area (Å²) in [5, 5.41) is 8.99. The first-order chi connectivity index (χ1) is 7.56. The van der Waals surface area contributed by atoms with Gasteiger partial charge in [-0.15, -0.1) is 10.2 Å². The van der Waals surface area contributed by atoms with Gasteiger partial charge in [0.15, 0.2) is 5.82 Å². The molecular formula is C10H18BrN3O2. The van der Waals surface area contributed by atoms with Gasteiger partial charge in [0.1, 0.15) is 11.4 Å². The molecule has 0 saturated heterocycles. The molecule has 0 atom stereocenters. The monoisotopic (exact) mass is 291 g/mol. The summed E-state index contributed by atoms with van der Waals surface area (Å²) in [4.78, 5) is 0. The minimum Gasteiger partial charge on any atom is -0.383 e. The Labute approximate surface area is 104 Å². The van der Waals surface area contributed by atoms with Gasteiger partial charge in [-0.2, -0.15) is 0 Å². The fraction of sp³-hybridized carbons (Fsp3) is 0.800. The number of aromatic nitrogens is 3. The highest BCUT2D eigenvalue weighted by Gasteiger charge is 2.27. The Balaban J connectivity index is 3.04. The summed E-state index contributed by atoms with van der Waals surface area (Å²) in [5.74, 6) is 1.71. The van der Waals surface area contributed by atoms with Crippen LogP contribution in [0, 0.1) is 0 Å². The van der Waals surface area contributed by atoms with Crippen molar-refractivity contribution in [2.75, 3.05) is 20.8 Å². The highest BCUT2D eigenvalue weighted by Crippen LogP contribution is 2.23. The molecule has 0 amide bonds. The van der Waals surface area contributed by atoms with Crippen LogP contribution in [-0.4, -0.2) is 35.6 Å². The van der Waals surface area contributed by atoms with Gasteiger partial charge in [0, 0.05) is 20.8 Å². The van der Waals surface area contributed by atoms with Gasteiger partial charge in [-0.05, 0) is 13.8 Å². The Bertz CT molecular complexity index is 339. The highest BCUT2D eigenvalue weighted by molar-refractivity contribution is 9.08. The molecule has 0 spiro atoms. The van der Waals surface area contributed by atoms with Gasteiger partial charge in [0.05, 0.1) is 11.9 Å². The van der Waals surface area contributed by atoms with Crippen molar-refractivity contribution in [2.45, 2.75) is 31.3 Å². The lowest BCUT2D eigenvalue weighted by molar-refractivity contribution is 0.00725. The van der Waals surface area contributed by atoms with Crippen molar-refractivity contribution in [1.82, 2.24) is 14.8 Å². The first-order valence-electron chi connectivity index (χ1n) is 5.09. The van der Waals surface area contributed by atoms with E-state index in [-0.39, 0.29) is 0 Å². The van der Waals surface area contributed by atoms with Crippen LogP contribution in [0.2, 0.25) is 0 Å². The van der Waals surface area contributed by atoms with Crippen molar-refractivity contribution in [3.63, 3.8) is 0 Å². The quantitative estimate of drug-likeness (QED) is 0.749. The number of hydrogen-bond acceptors (Lipinski definition) is 4. The number of alkyl halides is 1. The molecule has 16 heavy (non-hydrogen) atoms. The maximum Gasteiger partial charge on any atom is 0.164 e. The SMILES string of the molecule is COCCn1c(CBr)nnc1C(C)(C)OC. The van der Waals surface area contributed by atoms with E-state index >= 15 is 0 Å². The van der Waals surface area contributed by atoms with Crippen molar-refractivity contribution < 1.29 is 9.47 Å². The predicted molar refractivity (Wildman–Crippen MR) is 64.6 cm³/mol. The molecule has 0 saturated carbocycles. The molecule has 0 bridgehead atoms. The Kier molecular flexibility index (Phi) is 4.89. The lowest BCUT2D eigenvalue weighted by atomic mass is 10.1. The molecule has 1 heterocycles. The van der Waals surface area contributed by atoms with E-state index in [0.29, 0.717) is 11.9 Å². The van der Waals surface area contributed by atoms with E-state index in [2.05, 4.69) is 26.1 Å². The Morgan fingerprint density at radius 2 is 2.00 bits per heavy atom. The van der Waals surface area contributed by atoms with Crippen LogP contribution in [0.25, 0.3) is 0 Å². The van der Waals surface area contributed by atoms with Crippen LogP contribution >= 0.6 is 15.9 Å². The smallest absolute Gasteiger partial charge is 0.164 e. The molecule has 0 fully saturated rings. The van der Waals surface area contributed by atoms with Crippen molar-refractivity contribution >= 4 is 15.9 Å². The van der Waals surface area contributed by atoms with E-state index in [0.717, 1.165) is 18.2 Å². The third-order valence-electron chi connectivity index (χ3n) is 2.51. The van der Waals surface area contributed by atoms with Gasteiger partial charge in [0.25, 0.3) is 0 Å².